The number of aliphatic hydroxyl groups is 1. The van der Waals surface area contributed by atoms with Crippen LogP contribution in [0.1, 0.15) is 17.2 Å². The van der Waals surface area contributed by atoms with E-state index in [-0.39, 0.29) is 5.56 Å². The second-order valence-electron chi connectivity index (χ2n) is 3.72. The van der Waals surface area contributed by atoms with Crippen molar-refractivity contribution in [2.45, 2.75) is 6.10 Å². The van der Waals surface area contributed by atoms with Gasteiger partial charge in [0.05, 0.1) is 4.47 Å². The number of hydrogen-bond donors (Lipinski definition) is 1. The van der Waals surface area contributed by atoms with E-state index in [9.17, 15) is 9.50 Å². The molecule has 0 aliphatic heterocycles. The van der Waals surface area contributed by atoms with Crippen LogP contribution in [0.5, 0.6) is 0 Å². The lowest BCUT2D eigenvalue weighted by Gasteiger charge is -2.14. The van der Waals surface area contributed by atoms with Gasteiger partial charge < -0.3 is 5.11 Å². The van der Waals surface area contributed by atoms with E-state index in [0.717, 1.165) is 8.95 Å². The molecule has 94 valence electrons. The van der Waals surface area contributed by atoms with E-state index in [0.29, 0.717) is 10.0 Å². The van der Waals surface area contributed by atoms with E-state index in [1.165, 1.54) is 0 Å². The molecule has 0 fully saturated rings. The number of hydrogen-bond acceptors (Lipinski definition) is 1. The molecule has 0 spiro atoms. The normalized spacial score (nSPS) is 12.5. The Bertz CT molecular complexity index is 586. The lowest BCUT2D eigenvalue weighted by Crippen LogP contribution is -2.03. The fourth-order valence-electron chi connectivity index (χ4n) is 1.59. The molecule has 1 unspecified atom stereocenters. The molecule has 2 aromatic rings. The molecule has 1 nitrogen and oxygen atoms in total. The summed E-state index contributed by atoms with van der Waals surface area (Å²) in [6.07, 6.45) is -0.994. The fraction of sp³-hybridized carbons (Fsp3) is 0.0769. The number of benzene rings is 2. The maximum atomic E-state index is 13.9. The van der Waals surface area contributed by atoms with E-state index in [1.54, 1.807) is 36.4 Å². The van der Waals surface area contributed by atoms with Gasteiger partial charge in [0.1, 0.15) is 11.9 Å². The van der Waals surface area contributed by atoms with Crippen LogP contribution in [-0.4, -0.2) is 5.11 Å². The second kappa shape index (κ2) is 5.82. The summed E-state index contributed by atoms with van der Waals surface area (Å²) < 4.78 is 15.9. The summed E-state index contributed by atoms with van der Waals surface area (Å²) in [6.45, 7) is 0. The van der Waals surface area contributed by atoms with Crippen LogP contribution in [0, 0.1) is 5.82 Å². The minimum absolute atomic E-state index is 0.249. The second-order valence-corrected chi connectivity index (χ2v) is 6.28. The van der Waals surface area contributed by atoms with Crippen LogP contribution in [0.15, 0.2) is 49.8 Å². The zero-order valence-electron chi connectivity index (χ0n) is 9.00. The van der Waals surface area contributed by atoms with Gasteiger partial charge in [-0.25, -0.2) is 4.39 Å². The first kappa shape index (κ1) is 14.2. The Morgan fingerprint density at radius 2 is 1.67 bits per heavy atom. The average Bonchev–Trinajstić information content (AvgIpc) is 2.35. The minimum atomic E-state index is -0.994. The average molecular weight is 439 g/mol. The van der Waals surface area contributed by atoms with Crippen LogP contribution >= 0.6 is 47.8 Å². The van der Waals surface area contributed by atoms with E-state index < -0.39 is 11.9 Å². The Kier molecular flexibility index (Phi) is 4.59. The summed E-state index contributed by atoms with van der Waals surface area (Å²) in [5.74, 6) is -0.441. The lowest BCUT2D eigenvalue weighted by atomic mass is 10.0. The largest absolute Gasteiger partial charge is 0.384 e. The van der Waals surface area contributed by atoms with Crippen molar-refractivity contribution in [3.63, 3.8) is 0 Å². The molecule has 1 N–H and O–H groups in total. The van der Waals surface area contributed by atoms with E-state index in [1.807, 2.05) is 0 Å². The van der Waals surface area contributed by atoms with Gasteiger partial charge in [-0.05, 0) is 71.6 Å². The molecule has 5 heteroatoms. The lowest BCUT2D eigenvalue weighted by molar-refractivity contribution is 0.214. The molecule has 0 heterocycles. The minimum Gasteiger partial charge on any atom is -0.384 e. The van der Waals surface area contributed by atoms with Crippen LogP contribution in [0.25, 0.3) is 0 Å². The predicted molar refractivity (Wildman–Crippen MR) is 80.0 cm³/mol. The van der Waals surface area contributed by atoms with Gasteiger partial charge in [0.15, 0.2) is 0 Å². The Labute approximate surface area is 129 Å². The van der Waals surface area contributed by atoms with E-state index in [4.69, 9.17) is 0 Å². The van der Waals surface area contributed by atoms with Gasteiger partial charge in [-0.1, -0.05) is 18.2 Å². The zero-order chi connectivity index (χ0) is 13.3. The van der Waals surface area contributed by atoms with Crippen molar-refractivity contribution in [2.75, 3.05) is 0 Å². The maximum Gasteiger partial charge on any atom is 0.143 e. The molecule has 0 aliphatic rings. The molecule has 2 aromatic carbocycles. The van der Waals surface area contributed by atoms with Gasteiger partial charge in [0.2, 0.25) is 0 Å². The van der Waals surface area contributed by atoms with Crippen molar-refractivity contribution < 1.29 is 9.50 Å². The fourth-order valence-corrected chi connectivity index (χ4v) is 2.62. The molecule has 0 radical (unpaired) electrons. The topological polar surface area (TPSA) is 20.2 Å². The standard InChI is InChI=1S/C13H8Br3FO/c14-9-5-4-7(6-11(9)16)13(18)8-2-1-3-10(15)12(8)17/h1-6,13,18H. The van der Waals surface area contributed by atoms with Crippen LogP contribution in [-0.2, 0) is 0 Å². The quantitative estimate of drug-likeness (QED) is 0.683. The van der Waals surface area contributed by atoms with Gasteiger partial charge in [-0.3, -0.25) is 0 Å². The van der Waals surface area contributed by atoms with Crippen molar-refractivity contribution in [3.8, 4) is 0 Å². The summed E-state index contributed by atoms with van der Waals surface area (Å²) in [4.78, 5) is 0. The number of rotatable bonds is 2. The highest BCUT2D eigenvalue weighted by Crippen LogP contribution is 2.31. The van der Waals surface area contributed by atoms with Crippen LogP contribution in [0.2, 0.25) is 0 Å². The maximum absolute atomic E-state index is 13.9. The van der Waals surface area contributed by atoms with Gasteiger partial charge in [-0.2, -0.15) is 0 Å². The van der Waals surface area contributed by atoms with Crippen molar-refractivity contribution in [1.29, 1.82) is 0 Å². The highest BCUT2D eigenvalue weighted by Gasteiger charge is 2.17. The Balaban J connectivity index is 2.44. The first-order valence-electron chi connectivity index (χ1n) is 5.07. The molecule has 0 saturated carbocycles. The SMILES string of the molecule is OC(c1ccc(Br)c(Br)c1)c1cccc(Br)c1F. The molecule has 0 bridgehead atoms. The van der Waals surface area contributed by atoms with Gasteiger partial charge in [0.25, 0.3) is 0 Å². The van der Waals surface area contributed by atoms with Crippen LogP contribution in [0.4, 0.5) is 4.39 Å². The molecule has 2 rings (SSSR count). The van der Waals surface area contributed by atoms with Crippen LogP contribution in [0.3, 0.4) is 0 Å². The molecule has 0 amide bonds. The highest BCUT2D eigenvalue weighted by molar-refractivity contribution is 9.13. The Hall–Kier alpha value is -0.230. The molecule has 0 aliphatic carbocycles. The molecule has 0 saturated heterocycles. The summed E-state index contributed by atoms with van der Waals surface area (Å²) in [5.41, 5.74) is 0.876. The van der Waals surface area contributed by atoms with Gasteiger partial charge >= 0.3 is 0 Å². The van der Waals surface area contributed by atoms with Gasteiger partial charge in [-0.15, -0.1) is 0 Å². The molecular weight excluding hydrogens is 431 g/mol. The summed E-state index contributed by atoms with van der Waals surface area (Å²) in [6, 6.07) is 10.2. The summed E-state index contributed by atoms with van der Waals surface area (Å²) >= 11 is 9.82. The third kappa shape index (κ3) is 2.85. The monoisotopic (exact) mass is 436 g/mol. The first-order valence-corrected chi connectivity index (χ1v) is 7.45. The number of halogens is 4. The van der Waals surface area contributed by atoms with Gasteiger partial charge in [0, 0.05) is 14.5 Å². The first-order chi connectivity index (χ1) is 8.50. The van der Waals surface area contributed by atoms with Crippen molar-refractivity contribution in [2.24, 2.45) is 0 Å². The van der Waals surface area contributed by atoms with Crippen molar-refractivity contribution in [3.05, 3.63) is 66.8 Å². The molecule has 0 aromatic heterocycles. The summed E-state index contributed by atoms with van der Waals surface area (Å²) in [5, 5.41) is 10.2. The van der Waals surface area contributed by atoms with Crippen LogP contribution < -0.4 is 0 Å². The van der Waals surface area contributed by atoms with E-state index >= 15 is 0 Å². The summed E-state index contributed by atoms with van der Waals surface area (Å²) in [7, 11) is 0. The number of aliphatic hydroxyl groups excluding tert-OH is 1. The third-order valence-corrected chi connectivity index (χ3v) is 5.03. The molecular formula is C13H8Br3FO. The van der Waals surface area contributed by atoms with Crippen molar-refractivity contribution in [1.82, 2.24) is 0 Å². The highest BCUT2D eigenvalue weighted by atomic mass is 79.9. The molecule has 18 heavy (non-hydrogen) atoms. The van der Waals surface area contributed by atoms with E-state index in [2.05, 4.69) is 47.8 Å². The Morgan fingerprint density at radius 3 is 2.33 bits per heavy atom. The molecule has 1 atom stereocenters. The predicted octanol–water partition coefficient (Wildman–Crippen LogP) is 5.19. The third-order valence-electron chi connectivity index (χ3n) is 2.54. The Morgan fingerprint density at radius 1 is 0.944 bits per heavy atom. The smallest absolute Gasteiger partial charge is 0.143 e. The van der Waals surface area contributed by atoms with Crippen molar-refractivity contribution >= 4 is 47.8 Å². The zero-order valence-corrected chi connectivity index (χ0v) is 13.8.